The second kappa shape index (κ2) is 8.52. The van der Waals surface area contributed by atoms with Crippen LogP contribution in [0.4, 0.5) is 4.79 Å². The molecule has 0 radical (unpaired) electrons. The Hall–Kier alpha value is -1.57. The number of piperazine rings is 1. The van der Waals surface area contributed by atoms with Gasteiger partial charge in [-0.1, -0.05) is 24.3 Å². The Morgan fingerprint density at radius 1 is 1.00 bits per heavy atom. The molecule has 166 valence electrons. The molecule has 2 aliphatic heterocycles. The Morgan fingerprint density at radius 2 is 1.53 bits per heavy atom. The predicted molar refractivity (Wildman–Crippen MR) is 120 cm³/mol. The highest BCUT2D eigenvalue weighted by atomic mass is 16.7. The number of benzene rings is 1. The summed E-state index contributed by atoms with van der Waals surface area (Å²) in [5.41, 5.74) is 1.27. The van der Waals surface area contributed by atoms with Crippen LogP contribution >= 0.6 is 0 Å². The van der Waals surface area contributed by atoms with Gasteiger partial charge in [-0.05, 0) is 65.9 Å². The van der Waals surface area contributed by atoms with E-state index in [0.717, 1.165) is 44.6 Å². The first kappa shape index (κ1) is 23.1. The number of ether oxygens (including phenoxy) is 1. The van der Waals surface area contributed by atoms with Crippen molar-refractivity contribution in [2.75, 3.05) is 32.7 Å². The lowest BCUT2D eigenvalue weighted by Gasteiger charge is -2.35. The van der Waals surface area contributed by atoms with E-state index in [1.807, 2.05) is 20.8 Å². The van der Waals surface area contributed by atoms with Crippen molar-refractivity contribution in [2.45, 2.75) is 71.7 Å². The molecule has 2 heterocycles. The molecule has 0 atom stereocenters. The quantitative estimate of drug-likeness (QED) is 0.707. The molecule has 1 aromatic rings. The Kier molecular flexibility index (Phi) is 6.56. The smallest absolute Gasteiger partial charge is 0.444 e. The molecule has 0 spiro atoms. The zero-order chi connectivity index (χ0) is 22.2. The molecule has 6 nitrogen and oxygen atoms in total. The molecular weight excluding hydrogens is 379 g/mol. The molecule has 1 amide bonds. The number of nitrogens with zero attached hydrogens (tertiary/aromatic N) is 2. The topological polar surface area (TPSA) is 51.2 Å². The van der Waals surface area contributed by atoms with Gasteiger partial charge in [0.25, 0.3) is 0 Å². The van der Waals surface area contributed by atoms with Gasteiger partial charge in [0.05, 0.1) is 11.2 Å². The molecule has 0 N–H and O–H groups in total. The zero-order valence-electron chi connectivity index (χ0n) is 19.7. The zero-order valence-corrected chi connectivity index (χ0v) is 19.7. The van der Waals surface area contributed by atoms with Crippen molar-refractivity contribution in [1.82, 2.24) is 9.80 Å². The van der Waals surface area contributed by atoms with Crippen molar-refractivity contribution in [1.29, 1.82) is 0 Å². The van der Waals surface area contributed by atoms with Gasteiger partial charge in [0.15, 0.2) is 0 Å². The molecule has 2 saturated heterocycles. The van der Waals surface area contributed by atoms with Crippen LogP contribution in [0.2, 0.25) is 0 Å². The second-order valence-corrected chi connectivity index (χ2v) is 10.4. The fourth-order valence-electron chi connectivity index (χ4n) is 3.59. The van der Waals surface area contributed by atoms with Gasteiger partial charge in [0.1, 0.15) is 5.60 Å². The first-order valence-electron chi connectivity index (χ1n) is 11.0. The standard InChI is InChI=1S/C23H37BN2O4/c1-21(2,3)28-20(27)26-16-14-25(15-17-26)13-12-18-8-10-19(11-9-18)24-29-22(4,5)23(6,7)30-24/h8-11H,12-17H2,1-7H3. The van der Waals surface area contributed by atoms with Gasteiger partial charge >= 0.3 is 13.2 Å². The van der Waals surface area contributed by atoms with Gasteiger partial charge < -0.3 is 18.9 Å². The van der Waals surface area contributed by atoms with Crippen LogP contribution in [0.1, 0.15) is 54.0 Å². The highest BCUT2D eigenvalue weighted by Crippen LogP contribution is 2.36. The SMILES string of the molecule is CC(C)(C)OC(=O)N1CCN(CCc2ccc(B3OC(C)(C)C(C)(C)O3)cc2)CC1. The Morgan fingerprint density at radius 3 is 2.03 bits per heavy atom. The van der Waals surface area contributed by atoms with E-state index in [9.17, 15) is 4.79 Å². The average molecular weight is 416 g/mol. The van der Waals surface area contributed by atoms with E-state index in [-0.39, 0.29) is 24.4 Å². The summed E-state index contributed by atoms with van der Waals surface area (Å²) < 4.78 is 17.7. The maximum absolute atomic E-state index is 12.2. The van der Waals surface area contributed by atoms with E-state index in [0.29, 0.717) is 0 Å². The van der Waals surface area contributed by atoms with Crippen LogP contribution in [-0.2, 0) is 20.5 Å². The molecule has 0 aliphatic carbocycles. The largest absolute Gasteiger partial charge is 0.494 e. The van der Waals surface area contributed by atoms with E-state index in [1.165, 1.54) is 5.56 Å². The van der Waals surface area contributed by atoms with Crippen molar-refractivity contribution >= 4 is 18.7 Å². The van der Waals surface area contributed by atoms with E-state index < -0.39 is 5.60 Å². The van der Waals surface area contributed by atoms with Gasteiger partial charge in [-0.15, -0.1) is 0 Å². The van der Waals surface area contributed by atoms with Crippen molar-refractivity contribution in [3.63, 3.8) is 0 Å². The number of carbonyl (C=O) groups excluding carboxylic acids is 1. The van der Waals surface area contributed by atoms with Crippen molar-refractivity contribution in [3.8, 4) is 0 Å². The summed E-state index contributed by atoms with van der Waals surface area (Å²) in [6.07, 6.45) is 0.774. The summed E-state index contributed by atoms with van der Waals surface area (Å²) in [7, 11) is -0.315. The molecule has 2 fully saturated rings. The maximum Gasteiger partial charge on any atom is 0.494 e. The van der Waals surface area contributed by atoms with Gasteiger partial charge in [-0.2, -0.15) is 0 Å². The highest BCUT2D eigenvalue weighted by molar-refractivity contribution is 6.62. The molecular formula is C23H37BN2O4. The molecule has 0 saturated carbocycles. The van der Waals surface area contributed by atoms with Gasteiger partial charge in [0, 0.05) is 32.7 Å². The minimum atomic E-state index is -0.444. The minimum absolute atomic E-state index is 0.208. The van der Waals surface area contributed by atoms with Crippen LogP contribution < -0.4 is 5.46 Å². The minimum Gasteiger partial charge on any atom is -0.444 e. The van der Waals surface area contributed by atoms with Crippen LogP contribution in [0.5, 0.6) is 0 Å². The maximum atomic E-state index is 12.2. The second-order valence-electron chi connectivity index (χ2n) is 10.4. The first-order valence-corrected chi connectivity index (χ1v) is 11.0. The van der Waals surface area contributed by atoms with Crippen LogP contribution in [-0.4, -0.2) is 72.5 Å². The fourth-order valence-corrected chi connectivity index (χ4v) is 3.59. The molecule has 3 rings (SSSR count). The van der Waals surface area contributed by atoms with Crippen LogP contribution in [0.15, 0.2) is 24.3 Å². The summed E-state index contributed by atoms with van der Waals surface area (Å²) in [5, 5.41) is 0. The predicted octanol–water partition coefficient (Wildman–Crippen LogP) is 3.08. The van der Waals surface area contributed by atoms with Gasteiger partial charge in [0.2, 0.25) is 0 Å². The summed E-state index contributed by atoms with van der Waals surface area (Å²) in [6.45, 7) is 18.2. The van der Waals surface area contributed by atoms with Crippen LogP contribution in [0.25, 0.3) is 0 Å². The van der Waals surface area contributed by atoms with E-state index in [1.54, 1.807) is 4.90 Å². The van der Waals surface area contributed by atoms with E-state index >= 15 is 0 Å². The van der Waals surface area contributed by atoms with E-state index in [2.05, 4.69) is 56.9 Å². The third-order valence-electron chi connectivity index (χ3n) is 6.25. The fraction of sp³-hybridized carbons (Fsp3) is 0.696. The highest BCUT2D eigenvalue weighted by Gasteiger charge is 2.51. The number of carbonyl (C=O) groups is 1. The molecule has 7 heteroatoms. The normalized spacial score (nSPS) is 21.7. The van der Waals surface area contributed by atoms with Crippen molar-refractivity contribution < 1.29 is 18.8 Å². The summed E-state index contributed by atoms with van der Waals surface area (Å²) in [6, 6.07) is 8.55. The average Bonchev–Trinajstić information content (AvgIpc) is 2.87. The lowest BCUT2D eigenvalue weighted by Crippen LogP contribution is -2.50. The molecule has 0 unspecified atom stereocenters. The lowest BCUT2D eigenvalue weighted by molar-refractivity contribution is 0.00578. The molecule has 30 heavy (non-hydrogen) atoms. The summed E-state index contributed by atoms with van der Waals surface area (Å²) >= 11 is 0. The molecule has 0 bridgehead atoms. The number of rotatable bonds is 4. The summed E-state index contributed by atoms with van der Waals surface area (Å²) in [4.78, 5) is 16.4. The third-order valence-corrected chi connectivity index (χ3v) is 6.25. The van der Waals surface area contributed by atoms with Gasteiger partial charge in [-0.3, -0.25) is 4.90 Å². The van der Waals surface area contributed by atoms with Crippen LogP contribution in [0, 0.1) is 0 Å². The first-order chi connectivity index (χ1) is 13.9. The monoisotopic (exact) mass is 416 g/mol. The molecule has 2 aliphatic rings. The lowest BCUT2D eigenvalue weighted by atomic mass is 9.79. The Labute approximate surface area is 182 Å². The Bertz CT molecular complexity index is 719. The molecule has 1 aromatic carbocycles. The van der Waals surface area contributed by atoms with E-state index in [4.69, 9.17) is 14.0 Å². The Balaban J connectivity index is 1.45. The third kappa shape index (κ3) is 5.57. The molecule has 0 aromatic heterocycles. The number of hydrogen-bond acceptors (Lipinski definition) is 5. The number of hydrogen-bond donors (Lipinski definition) is 0. The number of amides is 1. The van der Waals surface area contributed by atoms with Crippen molar-refractivity contribution in [3.05, 3.63) is 29.8 Å². The van der Waals surface area contributed by atoms with Crippen molar-refractivity contribution in [2.24, 2.45) is 0 Å². The van der Waals surface area contributed by atoms with Crippen LogP contribution in [0.3, 0.4) is 0 Å². The van der Waals surface area contributed by atoms with Gasteiger partial charge in [-0.25, -0.2) is 4.79 Å². The summed E-state index contributed by atoms with van der Waals surface area (Å²) in [5.74, 6) is 0.